The van der Waals surface area contributed by atoms with Gasteiger partial charge in [0, 0.05) is 10.6 Å². The van der Waals surface area contributed by atoms with Crippen molar-refractivity contribution in [3.8, 4) is 39.4 Å². The molecule has 33 heavy (non-hydrogen) atoms. The first-order valence-electron chi connectivity index (χ1n) is 10.9. The van der Waals surface area contributed by atoms with E-state index in [0.717, 1.165) is 54.8 Å². The van der Waals surface area contributed by atoms with Gasteiger partial charge < -0.3 is 4.57 Å². The molecule has 1 aliphatic heterocycles. The van der Waals surface area contributed by atoms with Crippen LogP contribution in [0.4, 0.5) is 0 Å². The van der Waals surface area contributed by atoms with Crippen molar-refractivity contribution in [3.05, 3.63) is 109 Å². The number of fused-ring (bicyclic) bond motifs is 4. The van der Waals surface area contributed by atoms with Crippen molar-refractivity contribution in [2.24, 2.45) is 0 Å². The van der Waals surface area contributed by atoms with Gasteiger partial charge in [0.05, 0.1) is 11.6 Å². The lowest BCUT2D eigenvalue weighted by Crippen LogP contribution is -2.08. The standard InChI is InChI=1S/C30H20NOP/c1-33(32)29-9-5-4-8-27(29)28-15-14-22(18-30(28)33)24-17-16-23(25-6-2-3-7-26(24)25)21-12-10-20(19-31)11-13-21/h2-18H,1H3. The number of hydrogen-bond donors (Lipinski definition) is 0. The van der Waals surface area contributed by atoms with Gasteiger partial charge >= 0.3 is 0 Å². The molecule has 0 spiro atoms. The van der Waals surface area contributed by atoms with E-state index in [4.69, 9.17) is 5.26 Å². The molecule has 1 aliphatic rings. The first kappa shape index (κ1) is 19.7. The maximum Gasteiger partial charge on any atom is 0.141 e. The van der Waals surface area contributed by atoms with Gasteiger partial charge in [-0.15, -0.1) is 0 Å². The molecule has 0 aliphatic carbocycles. The lowest BCUT2D eigenvalue weighted by Gasteiger charge is -2.14. The van der Waals surface area contributed by atoms with Crippen LogP contribution in [0.2, 0.25) is 0 Å². The third kappa shape index (κ3) is 2.98. The van der Waals surface area contributed by atoms with Gasteiger partial charge in [-0.3, -0.25) is 0 Å². The Bertz CT molecular complexity index is 1660. The molecule has 3 heteroatoms. The molecule has 1 atom stereocenters. The van der Waals surface area contributed by atoms with Crippen LogP contribution in [-0.2, 0) is 4.57 Å². The van der Waals surface area contributed by atoms with Gasteiger partial charge in [0.1, 0.15) is 7.14 Å². The number of nitrogens with zero attached hydrogens (tertiary/aromatic N) is 1. The van der Waals surface area contributed by atoms with E-state index in [1.807, 2.05) is 49.1 Å². The van der Waals surface area contributed by atoms with Crippen LogP contribution in [0.15, 0.2) is 103 Å². The molecule has 1 unspecified atom stereocenters. The zero-order valence-corrected chi connectivity index (χ0v) is 19.0. The number of nitriles is 1. The predicted molar refractivity (Wildman–Crippen MR) is 138 cm³/mol. The quantitative estimate of drug-likeness (QED) is 0.278. The zero-order valence-electron chi connectivity index (χ0n) is 18.1. The fraction of sp³-hybridized carbons (Fsp3) is 0.0333. The van der Waals surface area contributed by atoms with Crippen LogP contribution in [0.25, 0.3) is 44.2 Å². The number of rotatable bonds is 2. The Morgan fingerprint density at radius 3 is 1.85 bits per heavy atom. The van der Waals surface area contributed by atoms with E-state index in [0.29, 0.717) is 5.56 Å². The average molecular weight is 441 g/mol. The molecule has 0 aromatic heterocycles. The summed E-state index contributed by atoms with van der Waals surface area (Å²) in [5.74, 6) is 0. The van der Waals surface area contributed by atoms with E-state index >= 15 is 0 Å². The smallest absolute Gasteiger partial charge is 0.141 e. The van der Waals surface area contributed by atoms with Crippen LogP contribution in [0.5, 0.6) is 0 Å². The largest absolute Gasteiger partial charge is 0.314 e. The second kappa shape index (κ2) is 7.31. The Balaban J connectivity index is 1.54. The highest BCUT2D eigenvalue weighted by molar-refractivity contribution is 7.79. The Morgan fingerprint density at radius 1 is 0.606 bits per heavy atom. The van der Waals surface area contributed by atoms with E-state index in [-0.39, 0.29) is 0 Å². The molecule has 0 N–H and O–H groups in total. The first-order valence-corrected chi connectivity index (χ1v) is 13.1. The fourth-order valence-corrected chi connectivity index (χ4v) is 7.33. The first-order chi connectivity index (χ1) is 16.1. The van der Waals surface area contributed by atoms with E-state index in [9.17, 15) is 4.57 Å². The monoisotopic (exact) mass is 441 g/mol. The molecule has 0 saturated heterocycles. The summed E-state index contributed by atoms with van der Waals surface area (Å²) in [4.78, 5) is 0. The summed E-state index contributed by atoms with van der Waals surface area (Å²) in [7, 11) is -2.62. The summed E-state index contributed by atoms with van der Waals surface area (Å²) in [6, 6.07) is 37.0. The Labute approximate surface area is 193 Å². The van der Waals surface area contributed by atoms with Crippen molar-refractivity contribution in [2.45, 2.75) is 0 Å². The highest BCUT2D eigenvalue weighted by atomic mass is 31.2. The van der Waals surface area contributed by atoms with Gasteiger partial charge in [-0.1, -0.05) is 84.9 Å². The predicted octanol–water partition coefficient (Wildman–Crippen LogP) is 6.97. The van der Waals surface area contributed by atoms with Crippen LogP contribution in [0.1, 0.15) is 5.56 Å². The molecule has 156 valence electrons. The van der Waals surface area contributed by atoms with E-state index < -0.39 is 7.14 Å². The van der Waals surface area contributed by atoms with Crippen molar-refractivity contribution >= 4 is 28.5 Å². The minimum absolute atomic E-state index is 0.655. The molecule has 2 nitrogen and oxygen atoms in total. The van der Waals surface area contributed by atoms with Crippen molar-refractivity contribution in [3.63, 3.8) is 0 Å². The minimum atomic E-state index is -2.62. The van der Waals surface area contributed by atoms with Gasteiger partial charge in [-0.25, -0.2) is 0 Å². The molecule has 5 aromatic rings. The summed E-state index contributed by atoms with van der Waals surface area (Å²) in [6.45, 7) is 1.88. The van der Waals surface area contributed by atoms with Crippen molar-refractivity contribution in [2.75, 3.05) is 6.66 Å². The summed E-state index contributed by atoms with van der Waals surface area (Å²) >= 11 is 0. The number of hydrogen-bond acceptors (Lipinski definition) is 2. The SMILES string of the molecule is CP1(=O)c2ccccc2-c2ccc(-c3ccc(-c4ccc(C#N)cc4)c4ccccc34)cc21. The van der Waals surface area contributed by atoms with Crippen molar-refractivity contribution in [1.29, 1.82) is 5.26 Å². The third-order valence-corrected chi connectivity index (χ3v) is 9.27. The molecule has 0 radical (unpaired) electrons. The minimum Gasteiger partial charge on any atom is -0.314 e. The molecule has 5 aromatic carbocycles. The lowest BCUT2D eigenvalue weighted by molar-refractivity contribution is 0.591. The van der Waals surface area contributed by atoms with Crippen molar-refractivity contribution < 1.29 is 4.57 Å². The third-order valence-electron chi connectivity index (χ3n) is 6.67. The van der Waals surface area contributed by atoms with Crippen LogP contribution in [0, 0.1) is 11.3 Å². The van der Waals surface area contributed by atoms with E-state index in [1.54, 1.807) is 0 Å². The Kier molecular flexibility index (Phi) is 4.37. The Hall–Kier alpha value is -3.92. The molecule has 0 saturated carbocycles. The highest BCUT2D eigenvalue weighted by Crippen LogP contribution is 2.50. The van der Waals surface area contributed by atoms with Gasteiger partial charge in [-0.2, -0.15) is 5.26 Å². The second-order valence-corrected chi connectivity index (χ2v) is 11.4. The fourth-order valence-electron chi connectivity index (χ4n) is 5.01. The summed E-state index contributed by atoms with van der Waals surface area (Å²) in [6.07, 6.45) is 0. The normalized spacial score (nSPS) is 16.2. The molecule has 1 heterocycles. The molecule has 0 fully saturated rings. The van der Waals surface area contributed by atoms with Crippen LogP contribution in [-0.4, -0.2) is 6.66 Å². The van der Waals surface area contributed by atoms with Crippen molar-refractivity contribution in [1.82, 2.24) is 0 Å². The maximum atomic E-state index is 13.8. The maximum absolute atomic E-state index is 13.8. The summed E-state index contributed by atoms with van der Waals surface area (Å²) in [5, 5.41) is 13.3. The molecule has 6 rings (SSSR count). The van der Waals surface area contributed by atoms with Gasteiger partial charge in [0.2, 0.25) is 0 Å². The van der Waals surface area contributed by atoms with Gasteiger partial charge in [0.15, 0.2) is 0 Å². The van der Waals surface area contributed by atoms with Gasteiger partial charge in [-0.05, 0) is 69.0 Å². The van der Waals surface area contributed by atoms with Crippen LogP contribution < -0.4 is 10.6 Å². The van der Waals surface area contributed by atoms with E-state index in [2.05, 4.69) is 66.7 Å². The number of benzene rings is 5. The van der Waals surface area contributed by atoms with Gasteiger partial charge in [0.25, 0.3) is 0 Å². The highest BCUT2D eigenvalue weighted by Gasteiger charge is 2.34. The molecular weight excluding hydrogens is 421 g/mol. The summed E-state index contributed by atoms with van der Waals surface area (Å²) < 4.78 is 13.8. The second-order valence-electron chi connectivity index (χ2n) is 8.57. The molecular formula is C30H20NOP. The molecule has 0 amide bonds. The molecule has 0 bridgehead atoms. The Morgan fingerprint density at radius 2 is 1.15 bits per heavy atom. The van der Waals surface area contributed by atoms with Crippen LogP contribution in [0.3, 0.4) is 0 Å². The summed E-state index contributed by atoms with van der Waals surface area (Å²) in [5.41, 5.74) is 7.24. The lowest BCUT2D eigenvalue weighted by atomic mass is 9.91. The van der Waals surface area contributed by atoms with Crippen LogP contribution >= 0.6 is 7.14 Å². The average Bonchev–Trinajstić information content (AvgIpc) is 3.10. The topological polar surface area (TPSA) is 40.9 Å². The zero-order chi connectivity index (χ0) is 22.6. The van der Waals surface area contributed by atoms with E-state index in [1.165, 1.54) is 0 Å².